The molecule has 2 aromatic heterocycles. The van der Waals surface area contributed by atoms with E-state index in [0.29, 0.717) is 18.8 Å². The number of para-hydroxylation sites is 2. The van der Waals surface area contributed by atoms with Crippen LogP contribution in [-0.4, -0.2) is 44.3 Å². The van der Waals surface area contributed by atoms with E-state index in [1.165, 1.54) is 0 Å². The number of anilines is 1. The number of hydrogen-bond acceptors (Lipinski definition) is 4. The fourth-order valence-electron chi connectivity index (χ4n) is 3.94. The number of benzene rings is 1. The number of aromatic nitrogens is 3. The predicted octanol–water partition coefficient (Wildman–Crippen LogP) is 3.01. The predicted molar refractivity (Wildman–Crippen MR) is 110 cm³/mol. The fraction of sp³-hybridized carbons (Fsp3) is 0.364. The highest BCUT2D eigenvalue weighted by Crippen LogP contribution is 2.32. The van der Waals surface area contributed by atoms with Crippen LogP contribution < -0.4 is 5.32 Å². The number of rotatable bonds is 4. The van der Waals surface area contributed by atoms with Crippen molar-refractivity contribution in [3.05, 3.63) is 48.9 Å². The van der Waals surface area contributed by atoms with E-state index in [1.54, 1.807) is 12.5 Å². The number of likely N-dealkylation sites (tertiary alicyclic amines) is 1. The molecule has 148 valence electrons. The van der Waals surface area contributed by atoms with Gasteiger partial charge in [0.25, 0.3) is 0 Å². The maximum absolute atomic E-state index is 12.6. The molecule has 1 N–H and O–H groups in total. The number of carbonyl (C=O) groups excluding carboxylic acids is 2. The molecule has 7 nitrogen and oxygen atoms in total. The summed E-state index contributed by atoms with van der Waals surface area (Å²) in [4.78, 5) is 35.6. The van der Waals surface area contributed by atoms with Gasteiger partial charge in [0.15, 0.2) is 0 Å². The lowest BCUT2D eigenvalue weighted by atomic mass is 9.95. The molecule has 0 bridgehead atoms. The molecular weight excluding hydrogens is 366 g/mol. The Morgan fingerprint density at radius 3 is 2.45 bits per heavy atom. The molecule has 29 heavy (non-hydrogen) atoms. The summed E-state index contributed by atoms with van der Waals surface area (Å²) >= 11 is 0. The van der Waals surface area contributed by atoms with Crippen molar-refractivity contribution in [2.24, 2.45) is 11.8 Å². The van der Waals surface area contributed by atoms with Gasteiger partial charge in [-0.1, -0.05) is 12.1 Å². The van der Waals surface area contributed by atoms with Crippen LogP contribution in [0.5, 0.6) is 0 Å². The van der Waals surface area contributed by atoms with Gasteiger partial charge >= 0.3 is 0 Å². The van der Waals surface area contributed by atoms with Crippen LogP contribution in [0.4, 0.5) is 5.69 Å². The lowest BCUT2D eigenvalue weighted by molar-refractivity contribution is -0.135. The van der Waals surface area contributed by atoms with Crippen molar-refractivity contribution in [1.29, 1.82) is 0 Å². The second kappa shape index (κ2) is 7.31. The van der Waals surface area contributed by atoms with Crippen LogP contribution in [0.15, 0.2) is 48.9 Å². The first-order valence-corrected chi connectivity index (χ1v) is 10.2. The van der Waals surface area contributed by atoms with Gasteiger partial charge in [-0.25, -0.2) is 9.97 Å². The van der Waals surface area contributed by atoms with Gasteiger partial charge in [-0.05, 0) is 49.9 Å². The van der Waals surface area contributed by atoms with Crippen molar-refractivity contribution in [3.8, 4) is 5.82 Å². The van der Waals surface area contributed by atoms with Crippen LogP contribution in [0, 0.1) is 11.8 Å². The highest BCUT2D eigenvalue weighted by atomic mass is 16.2. The average Bonchev–Trinajstić information content (AvgIpc) is 3.53. The van der Waals surface area contributed by atoms with Gasteiger partial charge in [-0.15, -0.1) is 0 Å². The number of nitrogens with zero attached hydrogens (tertiary/aromatic N) is 4. The van der Waals surface area contributed by atoms with Crippen LogP contribution in [0.2, 0.25) is 0 Å². The van der Waals surface area contributed by atoms with Gasteiger partial charge in [-0.3, -0.25) is 14.2 Å². The first-order valence-electron chi connectivity index (χ1n) is 10.2. The molecule has 2 aliphatic rings. The van der Waals surface area contributed by atoms with Crippen LogP contribution >= 0.6 is 0 Å². The molecule has 0 unspecified atom stereocenters. The van der Waals surface area contributed by atoms with Crippen molar-refractivity contribution in [2.45, 2.75) is 25.7 Å². The number of fused-ring (bicyclic) bond motifs is 1. The number of piperidine rings is 1. The van der Waals surface area contributed by atoms with Gasteiger partial charge in [0.05, 0.1) is 22.9 Å². The monoisotopic (exact) mass is 389 g/mol. The average molecular weight is 389 g/mol. The summed E-state index contributed by atoms with van der Waals surface area (Å²) in [5.74, 6) is 1.22. The maximum Gasteiger partial charge on any atom is 0.227 e. The first kappa shape index (κ1) is 17.8. The summed E-state index contributed by atoms with van der Waals surface area (Å²) in [5.41, 5.74) is 2.59. The Labute approximate surface area is 168 Å². The molecular formula is C22H23N5O2. The number of pyridine rings is 1. The molecule has 5 rings (SSSR count). The Morgan fingerprint density at radius 1 is 0.931 bits per heavy atom. The molecule has 2 fully saturated rings. The quantitative estimate of drug-likeness (QED) is 0.744. The fourth-order valence-corrected chi connectivity index (χ4v) is 3.94. The van der Waals surface area contributed by atoms with Gasteiger partial charge in [0.2, 0.25) is 11.8 Å². The van der Waals surface area contributed by atoms with Crippen molar-refractivity contribution >= 4 is 28.5 Å². The zero-order valence-corrected chi connectivity index (χ0v) is 16.1. The third-order valence-corrected chi connectivity index (χ3v) is 5.82. The van der Waals surface area contributed by atoms with E-state index in [4.69, 9.17) is 0 Å². The Hall–Kier alpha value is -3.22. The van der Waals surface area contributed by atoms with Crippen LogP contribution in [0.1, 0.15) is 25.7 Å². The number of amides is 2. The molecule has 1 aromatic carbocycles. The second-order valence-electron chi connectivity index (χ2n) is 7.87. The molecule has 1 aliphatic heterocycles. The summed E-state index contributed by atoms with van der Waals surface area (Å²) in [6.07, 6.45) is 6.91. The van der Waals surface area contributed by atoms with Crippen LogP contribution in [-0.2, 0) is 9.59 Å². The molecule has 3 heterocycles. The van der Waals surface area contributed by atoms with Crippen LogP contribution in [0.3, 0.4) is 0 Å². The van der Waals surface area contributed by atoms with Gasteiger partial charge < -0.3 is 10.2 Å². The Morgan fingerprint density at radius 2 is 1.72 bits per heavy atom. The van der Waals surface area contributed by atoms with Crippen molar-refractivity contribution in [3.63, 3.8) is 0 Å². The molecule has 3 aromatic rings. The molecule has 1 saturated heterocycles. The van der Waals surface area contributed by atoms with E-state index < -0.39 is 0 Å². The standard InChI is InChI=1S/C22H23N5O2/c28-21(15-9-11-26(12-10-15)22(29)16-5-6-16)25-17-7-8-20(23-13-17)27-14-24-18-3-1-2-4-19(18)27/h1-4,7-8,13-16H,5-6,9-12H2,(H,25,28). The van der Waals surface area contributed by atoms with E-state index in [1.807, 2.05) is 45.9 Å². The summed E-state index contributed by atoms with van der Waals surface area (Å²) in [6, 6.07) is 11.6. The van der Waals surface area contributed by atoms with E-state index in [2.05, 4.69) is 15.3 Å². The topological polar surface area (TPSA) is 80.1 Å². The highest BCUT2D eigenvalue weighted by molar-refractivity contribution is 5.92. The SMILES string of the molecule is O=C(Nc1ccc(-n2cnc3ccccc32)nc1)C1CCN(C(=O)C2CC2)CC1. The Bertz CT molecular complexity index is 1050. The second-order valence-corrected chi connectivity index (χ2v) is 7.87. The Kier molecular flexibility index (Phi) is 4.50. The van der Waals surface area contributed by atoms with E-state index in [-0.39, 0.29) is 23.7 Å². The molecule has 0 atom stereocenters. The van der Waals surface area contributed by atoms with E-state index in [9.17, 15) is 9.59 Å². The van der Waals surface area contributed by atoms with Crippen molar-refractivity contribution < 1.29 is 9.59 Å². The molecule has 0 radical (unpaired) electrons. The molecule has 7 heteroatoms. The van der Waals surface area contributed by atoms with Crippen LogP contribution in [0.25, 0.3) is 16.9 Å². The number of imidazole rings is 1. The number of hydrogen-bond donors (Lipinski definition) is 1. The van der Waals surface area contributed by atoms with Crippen molar-refractivity contribution in [1.82, 2.24) is 19.4 Å². The molecule has 1 aliphatic carbocycles. The van der Waals surface area contributed by atoms with Gasteiger partial charge in [-0.2, -0.15) is 0 Å². The molecule has 1 saturated carbocycles. The van der Waals surface area contributed by atoms with Gasteiger partial charge in [0.1, 0.15) is 12.1 Å². The first-order chi connectivity index (χ1) is 14.2. The molecule has 2 amide bonds. The summed E-state index contributed by atoms with van der Waals surface area (Å²) < 4.78 is 1.92. The lowest BCUT2D eigenvalue weighted by Gasteiger charge is -2.31. The zero-order chi connectivity index (χ0) is 19.8. The third-order valence-electron chi connectivity index (χ3n) is 5.82. The smallest absolute Gasteiger partial charge is 0.227 e. The van der Waals surface area contributed by atoms with E-state index in [0.717, 1.165) is 42.5 Å². The maximum atomic E-state index is 12.6. The van der Waals surface area contributed by atoms with E-state index >= 15 is 0 Å². The minimum absolute atomic E-state index is 0.00570. The molecule has 0 spiro atoms. The highest BCUT2D eigenvalue weighted by Gasteiger charge is 2.35. The minimum Gasteiger partial charge on any atom is -0.342 e. The minimum atomic E-state index is -0.0597. The summed E-state index contributed by atoms with van der Waals surface area (Å²) in [6.45, 7) is 1.36. The zero-order valence-electron chi connectivity index (χ0n) is 16.1. The summed E-state index contributed by atoms with van der Waals surface area (Å²) in [7, 11) is 0. The lowest BCUT2D eigenvalue weighted by Crippen LogP contribution is -2.42. The van der Waals surface area contributed by atoms with Gasteiger partial charge in [0, 0.05) is 24.9 Å². The largest absolute Gasteiger partial charge is 0.342 e. The van der Waals surface area contributed by atoms with Crippen molar-refractivity contribution in [2.75, 3.05) is 18.4 Å². The number of carbonyl (C=O) groups is 2. The normalized spacial score (nSPS) is 17.4. The Balaban J connectivity index is 1.21. The summed E-state index contributed by atoms with van der Waals surface area (Å²) in [5, 5.41) is 2.97. The third kappa shape index (κ3) is 3.60. The number of nitrogens with one attached hydrogen (secondary N) is 1.